The van der Waals surface area contributed by atoms with Crippen molar-refractivity contribution in [2.45, 2.75) is 32.2 Å². The lowest BCUT2D eigenvalue weighted by Gasteiger charge is -2.27. The molecule has 1 saturated heterocycles. The van der Waals surface area contributed by atoms with Gasteiger partial charge in [-0.1, -0.05) is 24.3 Å². The molecule has 0 aliphatic carbocycles. The van der Waals surface area contributed by atoms with Gasteiger partial charge in [-0.05, 0) is 37.0 Å². The summed E-state index contributed by atoms with van der Waals surface area (Å²) in [5, 5.41) is 3.15. The van der Waals surface area contributed by atoms with Gasteiger partial charge in [0.2, 0.25) is 0 Å². The van der Waals surface area contributed by atoms with Crippen molar-refractivity contribution < 1.29 is 13.6 Å². The van der Waals surface area contributed by atoms with Crippen molar-refractivity contribution in [1.82, 2.24) is 9.88 Å². The Morgan fingerprint density at radius 2 is 1.84 bits per heavy atom. The quantitative estimate of drug-likeness (QED) is 0.881. The molecule has 1 N–H and O–H groups in total. The molecule has 0 atom stereocenters. The van der Waals surface area contributed by atoms with Crippen LogP contribution in [0.2, 0.25) is 0 Å². The zero-order valence-electron chi connectivity index (χ0n) is 13.9. The van der Waals surface area contributed by atoms with Crippen LogP contribution in [0, 0.1) is 0 Å². The minimum absolute atomic E-state index is 0.00236. The SMILES string of the molecule is O=C(c1cccnc1NCc1ccc(C(F)F)cc1)N1CCCCC1. The summed E-state index contributed by atoms with van der Waals surface area (Å²) in [6.07, 6.45) is 2.40. The molecule has 1 aromatic carbocycles. The number of anilines is 1. The molecule has 1 aliphatic rings. The van der Waals surface area contributed by atoms with E-state index in [4.69, 9.17) is 0 Å². The third kappa shape index (κ3) is 4.32. The molecule has 0 spiro atoms. The maximum Gasteiger partial charge on any atom is 0.263 e. The number of halogens is 2. The molecule has 0 radical (unpaired) electrons. The molecule has 0 bridgehead atoms. The van der Waals surface area contributed by atoms with E-state index >= 15 is 0 Å². The lowest BCUT2D eigenvalue weighted by Crippen LogP contribution is -2.36. The maximum atomic E-state index is 12.7. The van der Waals surface area contributed by atoms with E-state index in [0.717, 1.165) is 37.9 Å². The Hall–Kier alpha value is -2.50. The van der Waals surface area contributed by atoms with Crippen molar-refractivity contribution in [3.05, 3.63) is 59.3 Å². The van der Waals surface area contributed by atoms with Crippen LogP contribution in [0.15, 0.2) is 42.6 Å². The Balaban J connectivity index is 1.69. The number of amides is 1. The van der Waals surface area contributed by atoms with Crippen LogP contribution in [0.4, 0.5) is 14.6 Å². The van der Waals surface area contributed by atoms with Gasteiger partial charge in [0.25, 0.3) is 12.3 Å². The van der Waals surface area contributed by atoms with Gasteiger partial charge in [-0.25, -0.2) is 13.8 Å². The standard InChI is InChI=1S/C19H21F2N3O/c20-17(21)15-8-6-14(7-9-15)13-23-18-16(5-4-10-22-18)19(25)24-11-2-1-3-12-24/h4-10,17H,1-3,11-13H2,(H,22,23). The lowest BCUT2D eigenvalue weighted by atomic mass is 10.1. The first-order valence-electron chi connectivity index (χ1n) is 8.50. The molecule has 1 fully saturated rings. The predicted molar refractivity (Wildman–Crippen MR) is 92.7 cm³/mol. The molecule has 4 nitrogen and oxygen atoms in total. The van der Waals surface area contributed by atoms with Gasteiger partial charge in [0, 0.05) is 31.4 Å². The largest absolute Gasteiger partial charge is 0.365 e. The van der Waals surface area contributed by atoms with Crippen LogP contribution in [0.25, 0.3) is 0 Å². The Morgan fingerprint density at radius 1 is 1.12 bits per heavy atom. The van der Waals surface area contributed by atoms with Gasteiger partial charge in [0.1, 0.15) is 5.82 Å². The fourth-order valence-corrected chi connectivity index (χ4v) is 2.95. The average Bonchev–Trinajstić information content (AvgIpc) is 2.67. The Bertz CT molecular complexity index is 713. The molecule has 1 amide bonds. The predicted octanol–water partition coefficient (Wildman–Crippen LogP) is 4.26. The summed E-state index contributed by atoms with van der Waals surface area (Å²) >= 11 is 0. The highest BCUT2D eigenvalue weighted by atomic mass is 19.3. The zero-order chi connectivity index (χ0) is 17.6. The van der Waals surface area contributed by atoms with Crippen molar-refractivity contribution in [1.29, 1.82) is 0 Å². The third-order valence-electron chi connectivity index (χ3n) is 4.37. The number of pyridine rings is 1. The van der Waals surface area contributed by atoms with Gasteiger partial charge >= 0.3 is 0 Å². The topological polar surface area (TPSA) is 45.2 Å². The second-order valence-corrected chi connectivity index (χ2v) is 6.15. The number of likely N-dealkylation sites (tertiary alicyclic amines) is 1. The Kier molecular flexibility index (Phi) is 5.58. The summed E-state index contributed by atoms with van der Waals surface area (Å²) < 4.78 is 25.2. The van der Waals surface area contributed by atoms with Gasteiger partial charge in [-0.15, -0.1) is 0 Å². The minimum atomic E-state index is -2.47. The first-order valence-corrected chi connectivity index (χ1v) is 8.50. The van der Waals surface area contributed by atoms with Crippen molar-refractivity contribution >= 4 is 11.7 Å². The highest BCUT2D eigenvalue weighted by molar-refractivity contribution is 5.98. The van der Waals surface area contributed by atoms with E-state index in [9.17, 15) is 13.6 Å². The van der Waals surface area contributed by atoms with Crippen LogP contribution < -0.4 is 5.32 Å². The molecule has 0 saturated carbocycles. The molecule has 3 rings (SSSR count). The van der Waals surface area contributed by atoms with Crippen molar-refractivity contribution in [2.24, 2.45) is 0 Å². The van der Waals surface area contributed by atoms with Crippen LogP contribution in [0.5, 0.6) is 0 Å². The summed E-state index contributed by atoms with van der Waals surface area (Å²) in [7, 11) is 0. The average molecular weight is 345 g/mol. The maximum absolute atomic E-state index is 12.7. The molecule has 0 unspecified atom stereocenters. The van der Waals surface area contributed by atoms with Crippen LogP contribution in [0.3, 0.4) is 0 Å². The van der Waals surface area contributed by atoms with E-state index in [-0.39, 0.29) is 11.5 Å². The number of nitrogens with zero attached hydrogens (tertiary/aromatic N) is 2. The van der Waals surface area contributed by atoms with Gasteiger partial charge < -0.3 is 10.2 Å². The van der Waals surface area contributed by atoms with Crippen LogP contribution in [0.1, 0.15) is 47.2 Å². The van der Waals surface area contributed by atoms with Gasteiger partial charge in [0.05, 0.1) is 5.56 Å². The summed E-state index contributed by atoms with van der Waals surface area (Å²) in [6, 6.07) is 9.67. The first-order chi connectivity index (χ1) is 12.1. The van der Waals surface area contributed by atoms with E-state index in [1.165, 1.54) is 12.1 Å². The number of hydrogen-bond acceptors (Lipinski definition) is 3. The summed E-state index contributed by atoms with van der Waals surface area (Å²) in [5.74, 6) is 0.513. The number of nitrogens with one attached hydrogen (secondary N) is 1. The van der Waals surface area contributed by atoms with Gasteiger partial charge in [-0.3, -0.25) is 4.79 Å². The highest BCUT2D eigenvalue weighted by Crippen LogP contribution is 2.21. The first kappa shape index (κ1) is 17.3. The molecule has 1 aromatic heterocycles. The number of piperidine rings is 1. The van der Waals surface area contributed by atoms with Crippen molar-refractivity contribution in [3.8, 4) is 0 Å². The second kappa shape index (κ2) is 8.05. The molecule has 6 heteroatoms. The van der Waals surface area contributed by atoms with Crippen LogP contribution >= 0.6 is 0 Å². The van der Waals surface area contributed by atoms with E-state index in [1.807, 2.05) is 4.90 Å². The monoisotopic (exact) mass is 345 g/mol. The molecule has 25 heavy (non-hydrogen) atoms. The van der Waals surface area contributed by atoms with Crippen LogP contribution in [-0.4, -0.2) is 28.9 Å². The molecular weight excluding hydrogens is 324 g/mol. The van der Waals surface area contributed by atoms with Crippen LogP contribution in [-0.2, 0) is 6.54 Å². The number of hydrogen-bond donors (Lipinski definition) is 1. The van der Waals surface area contributed by atoms with E-state index < -0.39 is 6.43 Å². The molecular formula is C19H21F2N3O. The third-order valence-corrected chi connectivity index (χ3v) is 4.37. The smallest absolute Gasteiger partial charge is 0.263 e. The fraction of sp³-hybridized carbons (Fsp3) is 0.368. The minimum Gasteiger partial charge on any atom is -0.365 e. The van der Waals surface area contributed by atoms with E-state index in [2.05, 4.69) is 10.3 Å². The van der Waals surface area contributed by atoms with E-state index in [1.54, 1.807) is 30.5 Å². The zero-order valence-corrected chi connectivity index (χ0v) is 13.9. The summed E-state index contributed by atoms with van der Waals surface area (Å²) in [5.41, 5.74) is 1.41. The second-order valence-electron chi connectivity index (χ2n) is 6.15. The van der Waals surface area contributed by atoms with Gasteiger partial charge in [-0.2, -0.15) is 0 Å². The molecule has 2 heterocycles. The molecule has 132 valence electrons. The van der Waals surface area contributed by atoms with Crippen molar-refractivity contribution in [2.75, 3.05) is 18.4 Å². The fourth-order valence-electron chi connectivity index (χ4n) is 2.95. The number of benzene rings is 1. The number of alkyl halides is 2. The number of carbonyl (C=O) groups excluding carboxylic acids is 1. The van der Waals surface area contributed by atoms with Gasteiger partial charge in [0.15, 0.2) is 0 Å². The molecule has 2 aromatic rings. The Morgan fingerprint density at radius 3 is 2.52 bits per heavy atom. The highest BCUT2D eigenvalue weighted by Gasteiger charge is 2.21. The number of rotatable bonds is 5. The number of carbonyl (C=O) groups is 1. The number of aromatic nitrogens is 1. The molecule has 1 aliphatic heterocycles. The summed E-state index contributed by atoms with van der Waals surface area (Å²) in [6.45, 7) is 1.98. The normalized spacial score (nSPS) is 14.6. The van der Waals surface area contributed by atoms with Crippen molar-refractivity contribution in [3.63, 3.8) is 0 Å². The van der Waals surface area contributed by atoms with E-state index in [0.29, 0.717) is 17.9 Å². The Labute approximate surface area is 145 Å². The summed E-state index contributed by atoms with van der Waals surface area (Å²) in [4.78, 5) is 18.9. The lowest BCUT2D eigenvalue weighted by molar-refractivity contribution is 0.0725.